The Hall–Kier alpha value is -7.60. The van der Waals surface area contributed by atoms with Crippen LogP contribution in [0.3, 0.4) is 0 Å². The number of nitriles is 2. The smallest absolute Gasteiger partial charge is 0.160 e. The molecule has 1 spiro atoms. The van der Waals surface area contributed by atoms with Crippen molar-refractivity contribution < 1.29 is 4.74 Å². The first kappa shape index (κ1) is 31.2. The van der Waals surface area contributed by atoms with Crippen molar-refractivity contribution in [3.05, 3.63) is 203 Å². The molecule has 1 unspecified atom stereocenters. The molecule has 0 saturated heterocycles. The van der Waals surface area contributed by atoms with E-state index in [0.29, 0.717) is 17.0 Å². The SMILES string of the molecule is N#Cc1ccc(-c2cccc3c2-c2ccccc2C32c3ccccc3Oc3c(-c4cc(-c5ccccc5)nc(-c5ccccc5)n4)cccc32)c(C#N)c1. The number of rotatable bonds is 4. The van der Waals surface area contributed by atoms with Gasteiger partial charge in [-0.25, -0.2) is 9.97 Å². The van der Waals surface area contributed by atoms with Crippen molar-refractivity contribution in [2.45, 2.75) is 5.41 Å². The van der Waals surface area contributed by atoms with Crippen LogP contribution in [0.4, 0.5) is 0 Å². The van der Waals surface area contributed by atoms with E-state index in [-0.39, 0.29) is 0 Å². The van der Waals surface area contributed by atoms with Crippen LogP contribution in [-0.4, -0.2) is 9.97 Å². The van der Waals surface area contributed by atoms with Gasteiger partial charge in [0.15, 0.2) is 5.82 Å². The maximum atomic E-state index is 10.3. The zero-order chi connectivity index (χ0) is 36.2. The third-order valence-electron chi connectivity index (χ3n) is 10.7. The largest absolute Gasteiger partial charge is 0.456 e. The van der Waals surface area contributed by atoms with Gasteiger partial charge in [0.05, 0.1) is 40.1 Å². The lowest BCUT2D eigenvalue weighted by Crippen LogP contribution is -2.32. The highest BCUT2D eigenvalue weighted by molar-refractivity contribution is 5.98. The highest BCUT2D eigenvalue weighted by Gasteiger charge is 2.52. The van der Waals surface area contributed by atoms with E-state index in [0.717, 1.165) is 84.1 Å². The topological polar surface area (TPSA) is 82.6 Å². The number of hydrogen-bond donors (Lipinski definition) is 0. The fourth-order valence-corrected chi connectivity index (χ4v) is 8.40. The van der Waals surface area contributed by atoms with E-state index in [4.69, 9.17) is 14.7 Å². The van der Waals surface area contributed by atoms with Gasteiger partial charge in [-0.05, 0) is 58.1 Å². The van der Waals surface area contributed by atoms with Crippen molar-refractivity contribution in [1.29, 1.82) is 10.5 Å². The molecule has 1 aliphatic heterocycles. The third-order valence-corrected chi connectivity index (χ3v) is 10.7. The number of ether oxygens (including phenoxy) is 1. The van der Waals surface area contributed by atoms with Crippen molar-refractivity contribution in [3.63, 3.8) is 0 Å². The predicted octanol–water partition coefficient (Wildman–Crippen LogP) is 11.4. The minimum Gasteiger partial charge on any atom is -0.456 e. The lowest BCUT2D eigenvalue weighted by molar-refractivity contribution is 0.438. The molecule has 0 fully saturated rings. The Bertz CT molecular complexity index is 2830. The third kappa shape index (κ3) is 4.56. The second-order valence-electron chi connectivity index (χ2n) is 13.5. The molecule has 2 heterocycles. The summed E-state index contributed by atoms with van der Waals surface area (Å²) in [6, 6.07) is 61.8. The zero-order valence-electron chi connectivity index (χ0n) is 28.9. The maximum absolute atomic E-state index is 10.3. The molecule has 8 aromatic rings. The summed E-state index contributed by atoms with van der Waals surface area (Å²) in [5.74, 6) is 2.13. The maximum Gasteiger partial charge on any atom is 0.160 e. The van der Waals surface area contributed by atoms with E-state index in [2.05, 4.69) is 103 Å². The van der Waals surface area contributed by atoms with E-state index in [1.165, 1.54) is 0 Å². The van der Waals surface area contributed by atoms with Crippen LogP contribution in [0.5, 0.6) is 11.5 Å². The summed E-state index contributed by atoms with van der Waals surface area (Å²) in [4.78, 5) is 10.3. The molecule has 0 saturated carbocycles. The van der Waals surface area contributed by atoms with Crippen molar-refractivity contribution in [3.8, 4) is 79.8 Å². The Morgan fingerprint density at radius 1 is 0.463 bits per heavy atom. The number of para-hydroxylation sites is 2. The molecule has 0 bridgehead atoms. The van der Waals surface area contributed by atoms with Gasteiger partial charge in [0.2, 0.25) is 0 Å². The number of aromatic nitrogens is 2. The Morgan fingerprint density at radius 2 is 1.09 bits per heavy atom. The van der Waals surface area contributed by atoms with Crippen LogP contribution in [0, 0.1) is 22.7 Å². The summed E-state index contributed by atoms with van der Waals surface area (Å²) < 4.78 is 7.01. The average Bonchev–Trinajstić information content (AvgIpc) is 3.54. The molecule has 0 amide bonds. The molecule has 7 aromatic carbocycles. The second-order valence-corrected chi connectivity index (χ2v) is 13.5. The van der Waals surface area contributed by atoms with Gasteiger partial charge in [-0.3, -0.25) is 0 Å². The summed E-state index contributed by atoms with van der Waals surface area (Å²) >= 11 is 0. The fraction of sp³-hybridized carbons (Fsp3) is 0.0204. The number of nitrogens with zero attached hydrogens (tertiary/aromatic N) is 4. The van der Waals surface area contributed by atoms with Crippen LogP contribution in [0.15, 0.2) is 170 Å². The van der Waals surface area contributed by atoms with E-state index in [1.807, 2.05) is 66.7 Å². The Kier molecular flexibility index (Phi) is 7.08. The molecule has 1 aliphatic carbocycles. The van der Waals surface area contributed by atoms with Crippen LogP contribution in [-0.2, 0) is 5.41 Å². The Labute approximate surface area is 312 Å². The first-order chi connectivity index (χ1) is 26.7. The van der Waals surface area contributed by atoms with Crippen LogP contribution in [0.25, 0.3) is 56.2 Å². The summed E-state index contributed by atoms with van der Waals surface area (Å²) in [6.45, 7) is 0. The van der Waals surface area contributed by atoms with E-state index >= 15 is 0 Å². The van der Waals surface area contributed by atoms with E-state index in [9.17, 15) is 10.5 Å². The lowest BCUT2D eigenvalue weighted by Gasteiger charge is -2.40. The Balaban J connectivity index is 1.28. The van der Waals surface area contributed by atoms with Crippen molar-refractivity contribution in [2.24, 2.45) is 0 Å². The summed E-state index contributed by atoms with van der Waals surface area (Å²) in [5.41, 5.74) is 12.7. The minimum absolute atomic E-state index is 0.454. The van der Waals surface area contributed by atoms with E-state index < -0.39 is 5.41 Å². The summed E-state index contributed by atoms with van der Waals surface area (Å²) in [6.07, 6.45) is 0. The molecular weight excluding hydrogens is 661 g/mol. The Morgan fingerprint density at radius 3 is 1.87 bits per heavy atom. The second kappa shape index (κ2) is 12.3. The van der Waals surface area contributed by atoms with Gasteiger partial charge in [0.1, 0.15) is 11.5 Å². The van der Waals surface area contributed by atoms with Crippen LogP contribution in [0.2, 0.25) is 0 Å². The molecule has 10 rings (SSSR count). The minimum atomic E-state index is -0.751. The highest BCUT2D eigenvalue weighted by Crippen LogP contribution is 2.64. The molecule has 250 valence electrons. The summed E-state index contributed by atoms with van der Waals surface area (Å²) in [5, 5.41) is 19.9. The van der Waals surface area contributed by atoms with Crippen LogP contribution in [0.1, 0.15) is 33.4 Å². The average molecular weight is 689 g/mol. The quantitative estimate of drug-likeness (QED) is 0.184. The normalized spacial score (nSPS) is 14.5. The molecule has 5 nitrogen and oxygen atoms in total. The molecule has 0 N–H and O–H groups in total. The monoisotopic (exact) mass is 688 g/mol. The zero-order valence-corrected chi connectivity index (χ0v) is 28.9. The standard InChI is InChI=1S/C49H28N4O/c50-29-31-25-26-35(34(27-31)30-51)36-18-11-22-41-46(36)37-17-7-8-20-39(37)49(41)40-21-9-10-24-45(40)54-47-38(19-12-23-42(47)49)44-28-43(32-13-3-1-4-14-32)52-48(53-44)33-15-5-2-6-16-33/h1-28H. The molecule has 54 heavy (non-hydrogen) atoms. The molecule has 5 heteroatoms. The van der Waals surface area contributed by atoms with Crippen LogP contribution < -0.4 is 4.74 Å². The molecule has 2 aliphatic rings. The number of benzene rings is 7. The van der Waals surface area contributed by atoms with Gasteiger partial charge in [0, 0.05) is 33.4 Å². The van der Waals surface area contributed by atoms with Gasteiger partial charge in [-0.2, -0.15) is 10.5 Å². The first-order valence-electron chi connectivity index (χ1n) is 17.8. The van der Waals surface area contributed by atoms with Gasteiger partial charge in [-0.15, -0.1) is 0 Å². The van der Waals surface area contributed by atoms with Gasteiger partial charge in [0.25, 0.3) is 0 Å². The predicted molar refractivity (Wildman–Crippen MR) is 211 cm³/mol. The fourth-order valence-electron chi connectivity index (χ4n) is 8.40. The highest BCUT2D eigenvalue weighted by atomic mass is 16.5. The molecule has 1 aromatic heterocycles. The summed E-state index contributed by atoms with van der Waals surface area (Å²) in [7, 11) is 0. The van der Waals surface area contributed by atoms with Gasteiger partial charge in [-0.1, -0.05) is 140 Å². The first-order valence-corrected chi connectivity index (χ1v) is 17.8. The lowest BCUT2D eigenvalue weighted by atomic mass is 9.65. The number of fused-ring (bicyclic) bond motifs is 9. The van der Waals surface area contributed by atoms with E-state index in [1.54, 1.807) is 12.1 Å². The van der Waals surface area contributed by atoms with Gasteiger partial charge < -0.3 is 4.74 Å². The van der Waals surface area contributed by atoms with Gasteiger partial charge >= 0.3 is 0 Å². The molecule has 0 radical (unpaired) electrons. The molecule has 1 atom stereocenters. The number of hydrogen-bond acceptors (Lipinski definition) is 5. The molecular formula is C49H28N4O. The van der Waals surface area contributed by atoms with Crippen molar-refractivity contribution in [2.75, 3.05) is 0 Å². The van der Waals surface area contributed by atoms with Crippen molar-refractivity contribution >= 4 is 0 Å². The van der Waals surface area contributed by atoms with Crippen LogP contribution >= 0.6 is 0 Å². The van der Waals surface area contributed by atoms with Crippen molar-refractivity contribution in [1.82, 2.24) is 9.97 Å².